The van der Waals surface area contributed by atoms with Crippen molar-refractivity contribution >= 4 is 38.9 Å². The van der Waals surface area contributed by atoms with Crippen LogP contribution in [-0.2, 0) is 16.2 Å². The monoisotopic (exact) mass is 897 g/mol. The summed E-state index contributed by atoms with van der Waals surface area (Å²) in [5, 5.41) is 2.86. The number of para-hydroxylation sites is 1. The van der Waals surface area contributed by atoms with E-state index in [-0.39, 0.29) is 10.8 Å². The van der Waals surface area contributed by atoms with Gasteiger partial charge in [0.15, 0.2) is 0 Å². The Morgan fingerprint density at radius 1 is 0.435 bits per heavy atom. The molecule has 9 aromatic rings. The van der Waals surface area contributed by atoms with Crippen LogP contribution < -0.4 is 4.90 Å². The van der Waals surface area contributed by atoms with Crippen LogP contribution in [0.4, 0.5) is 17.1 Å². The summed E-state index contributed by atoms with van der Waals surface area (Å²) in [5.74, 6) is 1.78. The average molecular weight is 897 g/mol. The van der Waals surface area contributed by atoms with Gasteiger partial charge in [0, 0.05) is 38.9 Å². The minimum Gasteiger partial charge on any atom is -0.310 e. The highest BCUT2D eigenvalue weighted by molar-refractivity contribution is 6.10. The minimum atomic E-state index is -0.209. The normalized spacial score (nSPS) is 22.4. The fourth-order valence-corrected chi connectivity index (χ4v) is 13.7. The quantitative estimate of drug-likeness (QED) is 0.148. The van der Waals surface area contributed by atoms with Crippen molar-refractivity contribution in [1.82, 2.24) is 4.57 Å². The van der Waals surface area contributed by atoms with Gasteiger partial charge < -0.3 is 9.47 Å². The second-order valence-corrected chi connectivity index (χ2v) is 22.6. The van der Waals surface area contributed by atoms with Crippen LogP contribution >= 0.6 is 0 Å². The van der Waals surface area contributed by atoms with E-state index in [9.17, 15) is 0 Å². The van der Waals surface area contributed by atoms with Gasteiger partial charge in [-0.25, -0.2) is 0 Å². The lowest BCUT2D eigenvalue weighted by atomic mass is 9.58. The molecule has 0 amide bonds. The molecule has 2 bridgehead atoms. The molecule has 5 aliphatic carbocycles. The number of rotatable bonds is 8. The molecule has 5 aliphatic rings. The maximum absolute atomic E-state index is 2.65. The lowest BCUT2D eigenvalue weighted by Gasteiger charge is -2.47. The van der Waals surface area contributed by atoms with E-state index in [1.165, 1.54) is 147 Å². The van der Waals surface area contributed by atoms with Crippen molar-refractivity contribution in [2.75, 3.05) is 4.90 Å². The number of anilines is 3. The van der Waals surface area contributed by atoms with Crippen LogP contribution in [0.1, 0.15) is 114 Å². The van der Waals surface area contributed by atoms with Crippen LogP contribution in [0.2, 0.25) is 0 Å². The van der Waals surface area contributed by atoms with Gasteiger partial charge in [-0.2, -0.15) is 0 Å². The van der Waals surface area contributed by atoms with E-state index in [0.29, 0.717) is 5.41 Å². The summed E-state index contributed by atoms with van der Waals surface area (Å²) in [6.45, 7) is 9.85. The summed E-state index contributed by atoms with van der Waals surface area (Å²) in [5.41, 5.74) is 21.2. The van der Waals surface area contributed by atoms with Gasteiger partial charge in [-0.3, -0.25) is 0 Å². The first-order valence-corrected chi connectivity index (χ1v) is 26.1. The van der Waals surface area contributed by atoms with Gasteiger partial charge in [0.25, 0.3) is 0 Å². The van der Waals surface area contributed by atoms with Gasteiger partial charge in [0.1, 0.15) is 0 Å². The summed E-state index contributed by atoms with van der Waals surface area (Å²) in [6.07, 6.45) is 13.5. The summed E-state index contributed by atoms with van der Waals surface area (Å²) in [4.78, 5) is 2.42. The number of fused-ring (bicyclic) bond motifs is 9. The van der Waals surface area contributed by atoms with E-state index < -0.39 is 0 Å². The predicted octanol–water partition coefficient (Wildman–Crippen LogP) is 18.6. The number of nitrogens with zero attached hydrogens (tertiary/aromatic N) is 2. The second kappa shape index (κ2) is 16.2. The third kappa shape index (κ3) is 7.03. The predicted molar refractivity (Wildman–Crippen MR) is 292 cm³/mol. The summed E-state index contributed by atoms with van der Waals surface area (Å²) >= 11 is 0. The van der Waals surface area contributed by atoms with E-state index in [1.807, 2.05) is 0 Å². The Hall–Kier alpha value is -6.64. The first kappa shape index (κ1) is 42.5. The zero-order valence-electron chi connectivity index (χ0n) is 40.9. The van der Waals surface area contributed by atoms with Gasteiger partial charge >= 0.3 is 0 Å². The Morgan fingerprint density at radius 3 is 1.55 bits per heavy atom. The van der Waals surface area contributed by atoms with Crippen molar-refractivity contribution < 1.29 is 0 Å². The number of hydrogen-bond donors (Lipinski definition) is 0. The van der Waals surface area contributed by atoms with Gasteiger partial charge in [-0.1, -0.05) is 137 Å². The number of benzene rings is 8. The van der Waals surface area contributed by atoms with Gasteiger partial charge in [-0.05, 0) is 215 Å². The molecule has 2 nitrogen and oxygen atoms in total. The second-order valence-electron chi connectivity index (χ2n) is 22.6. The molecular formula is C67H64N2. The van der Waals surface area contributed by atoms with Crippen LogP contribution in [0.25, 0.3) is 60.9 Å². The Morgan fingerprint density at radius 2 is 0.928 bits per heavy atom. The molecule has 4 fully saturated rings. The Bertz CT molecular complexity index is 3360. The van der Waals surface area contributed by atoms with Crippen molar-refractivity contribution in [2.45, 2.75) is 108 Å². The van der Waals surface area contributed by atoms with Gasteiger partial charge in [-0.15, -0.1) is 0 Å². The van der Waals surface area contributed by atoms with E-state index in [0.717, 1.165) is 23.2 Å². The summed E-state index contributed by atoms with van der Waals surface area (Å²) in [6, 6.07) is 69.3. The van der Waals surface area contributed by atoms with E-state index in [4.69, 9.17) is 0 Å². The van der Waals surface area contributed by atoms with E-state index in [2.05, 4.69) is 219 Å². The number of hydrogen-bond acceptors (Lipinski definition) is 1. The smallest absolute Gasteiger partial charge is 0.0541 e. The maximum Gasteiger partial charge on any atom is 0.0541 e. The first-order chi connectivity index (χ1) is 33.6. The molecule has 0 spiro atoms. The van der Waals surface area contributed by atoms with E-state index >= 15 is 0 Å². The molecule has 69 heavy (non-hydrogen) atoms. The van der Waals surface area contributed by atoms with Crippen LogP contribution in [0.5, 0.6) is 0 Å². The SMILES string of the molecule is CC1CCC(C)(c2ccc3c(c2)c2cc(C45CCC(CC4)CC5)ccc2n3-c2ccc3c(c2)C(C)(C)c2cc(N(c4ccccc4)c4ccc(-c5ccc(-c6ccccc6)cc5)cc4)ccc2-3)CC1. The molecule has 4 saturated carbocycles. The van der Waals surface area contributed by atoms with Gasteiger partial charge in [0.2, 0.25) is 0 Å². The highest BCUT2D eigenvalue weighted by atomic mass is 15.1. The van der Waals surface area contributed by atoms with Crippen LogP contribution in [0, 0.1) is 11.8 Å². The largest absolute Gasteiger partial charge is 0.310 e. The maximum atomic E-state index is 2.65. The van der Waals surface area contributed by atoms with Crippen molar-refractivity contribution in [1.29, 1.82) is 0 Å². The van der Waals surface area contributed by atoms with E-state index in [1.54, 1.807) is 5.56 Å². The Kier molecular flexibility index (Phi) is 9.99. The molecule has 0 radical (unpaired) electrons. The molecule has 0 saturated heterocycles. The minimum absolute atomic E-state index is 0.209. The van der Waals surface area contributed by atoms with Crippen molar-refractivity contribution in [3.63, 3.8) is 0 Å². The summed E-state index contributed by atoms with van der Waals surface area (Å²) < 4.78 is 2.60. The van der Waals surface area contributed by atoms with Crippen molar-refractivity contribution in [2.24, 2.45) is 11.8 Å². The molecule has 1 heterocycles. The topological polar surface area (TPSA) is 8.17 Å². The molecule has 2 heteroatoms. The molecule has 1 aromatic heterocycles. The molecule has 342 valence electrons. The molecule has 0 aliphatic heterocycles. The zero-order valence-corrected chi connectivity index (χ0v) is 40.9. The summed E-state index contributed by atoms with van der Waals surface area (Å²) in [7, 11) is 0. The lowest BCUT2D eigenvalue weighted by molar-refractivity contribution is 0.136. The fraction of sp³-hybridized carbons (Fsp3) is 0.284. The molecule has 0 atom stereocenters. The van der Waals surface area contributed by atoms with Gasteiger partial charge in [0.05, 0.1) is 11.0 Å². The third-order valence-corrected chi connectivity index (χ3v) is 18.2. The third-order valence-electron chi connectivity index (χ3n) is 18.2. The first-order valence-electron chi connectivity index (χ1n) is 26.1. The highest BCUT2D eigenvalue weighted by Crippen LogP contribution is 2.54. The molecule has 8 aromatic carbocycles. The zero-order chi connectivity index (χ0) is 46.5. The molecule has 0 N–H and O–H groups in total. The molecule has 0 unspecified atom stereocenters. The van der Waals surface area contributed by atoms with Crippen LogP contribution in [-0.4, -0.2) is 4.57 Å². The van der Waals surface area contributed by atoms with Crippen LogP contribution in [0.3, 0.4) is 0 Å². The Labute approximate surface area is 409 Å². The molecular weight excluding hydrogens is 833 g/mol. The Balaban J connectivity index is 0.874. The molecule has 14 rings (SSSR count). The lowest BCUT2D eigenvalue weighted by Crippen LogP contribution is -2.37. The van der Waals surface area contributed by atoms with Crippen molar-refractivity contribution in [3.05, 3.63) is 204 Å². The van der Waals surface area contributed by atoms with Crippen LogP contribution in [0.15, 0.2) is 182 Å². The van der Waals surface area contributed by atoms with Crippen molar-refractivity contribution in [3.8, 4) is 39.1 Å². The number of aromatic nitrogens is 1. The fourth-order valence-electron chi connectivity index (χ4n) is 13.7. The highest BCUT2D eigenvalue weighted by Gasteiger charge is 2.42. The average Bonchev–Trinajstić information content (AvgIpc) is 3.85. The standard InChI is InChI=1S/C67H64N2/c1-45-31-36-66(4,37-32-45)51-21-29-63-59(41-51)60-42-52(67-38-33-46(34-39-67)35-40-67)22-30-64(60)69(63)56-26-28-58-57-27-25-55(43-61(57)65(2,3)62(58)44-56)68(53-13-9-6-10-14-53)54-23-19-50(20-24-54)49-17-15-48(16-18-49)47-11-7-5-8-12-47/h5-30,41-46H,31-40H2,1-4H3.